The Hall–Kier alpha value is -2.87. The monoisotopic (exact) mass is 448 g/mol. The first kappa shape index (κ1) is 19.9. The van der Waals surface area contributed by atoms with E-state index in [0.717, 1.165) is 10.0 Å². The Kier molecular flexibility index (Phi) is 6.65. The van der Waals surface area contributed by atoms with Crippen molar-refractivity contribution in [1.29, 1.82) is 0 Å². The fourth-order valence-electron chi connectivity index (χ4n) is 2.52. The molecule has 0 fully saturated rings. The van der Waals surface area contributed by atoms with Crippen molar-refractivity contribution >= 4 is 32.9 Å². The number of pyridine rings is 1. The molecule has 0 aliphatic carbocycles. The van der Waals surface area contributed by atoms with Crippen molar-refractivity contribution < 1.29 is 23.4 Å². The Morgan fingerprint density at radius 3 is 2.68 bits per heavy atom. The molecule has 2 N–H and O–H groups in total. The lowest BCUT2D eigenvalue weighted by Gasteiger charge is -2.16. The summed E-state index contributed by atoms with van der Waals surface area (Å²) in [4.78, 5) is 14.9. The van der Waals surface area contributed by atoms with Crippen LogP contribution in [-0.4, -0.2) is 30.5 Å². The van der Waals surface area contributed by atoms with Gasteiger partial charge in [0.25, 0.3) is 0 Å². The van der Waals surface area contributed by atoms with E-state index in [1.807, 2.05) is 36.4 Å². The molecular formula is C20H18BrFN2O4. The van der Waals surface area contributed by atoms with Crippen molar-refractivity contribution in [3.63, 3.8) is 0 Å². The molecule has 3 rings (SSSR count). The summed E-state index contributed by atoms with van der Waals surface area (Å²) < 4.78 is 30.8. The number of benzene rings is 2. The Morgan fingerprint density at radius 1 is 1.14 bits per heavy atom. The van der Waals surface area contributed by atoms with Crippen LogP contribution in [-0.2, 0) is 11.3 Å². The molecule has 146 valence electrons. The molecular weight excluding hydrogens is 431 g/mol. The zero-order valence-electron chi connectivity index (χ0n) is 14.8. The molecule has 0 aliphatic heterocycles. The highest BCUT2D eigenvalue weighted by Crippen LogP contribution is 2.37. The van der Waals surface area contributed by atoms with Crippen LogP contribution in [0.2, 0.25) is 0 Å². The predicted molar refractivity (Wildman–Crippen MR) is 106 cm³/mol. The molecule has 0 radical (unpaired) electrons. The predicted octanol–water partition coefficient (Wildman–Crippen LogP) is 4.39. The molecule has 0 bridgehead atoms. The molecule has 3 aromatic rings. The van der Waals surface area contributed by atoms with Crippen molar-refractivity contribution in [3.8, 4) is 11.5 Å². The second-order valence-electron chi connectivity index (χ2n) is 5.93. The summed E-state index contributed by atoms with van der Waals surface area (Å²) in [7, 11) is 0. The first-order chi connectivity index (χ1) is 13.5. The summed E-state index contributed by atoms with van der Waals surface area (Å²) in [6.45, 7) is -0.489. The summed E-state index contributed by atoms with van der Waals surface area (Å²) in [6, 6.07) is 15.0. The van der Waals surface area contributed by atoms with Gasteiger partial charge >= 0.3 is 6.09 Å². The quantitative estimate of drug-likeness (QED) is 0.552. The molecule has 1 atom stereocenters. The highest BCUT2D eigenvalue weighted by molar-refractivity contribution is 9.10. The van der Waals surface area contributed by atoms with Crippen LogP contribution in [0.4, 0.5) is 9.18 Å². The number of carbonyl (C=O) groups is 1. The number of rotatable bonds is 8. The molecule has 0 aliphatic rings. The number of hydrogen-bond acceptors (Lipinski definition) is 5. The lowest BCUT2D eigenvalue weighted by atomic mass is 10.2. The number of halogens is 2. The Morgan fingerprint density at radius 2 is 1.93 bits per heavy atom. The van der Waals surface area contributed by atoms with Crippen molar-refractivity contribution in [2.75, 3.05) is 13.2 Å². The summed E-state index contributed by atoms with van der Waals surface area (Å²) in [6.07, 6.45) is -0.910. The summed E-state index contributed by atoms with van der Waals surface area (Å²) in [5.41, 5.74) is 6.52. The Labute approximate surface area is 169 Å². The average molecular weight is 449 g/mol. The van der Waals surface area contributed by atoms with Crippen molar-refractivity contribution in [2.24, 2.45) is 5.73 Å². The number of hydrogen-bond donors (Lipinski definition) is 1. The van der Waals surface area contributed by atoms with Crippen molar-refractivity contribution in [1.82, 2.24) is 4.98 Å². The van der Waals surface area contributed by atoms with Crippen LogP contribution in [0.25, 0.3) is 10.9 Å². The lowest BCUT2D eigenvalue weighted by molar-refractivity contribution is 0.0932. The third-order valence-corrected chi connectivity index (χ3v) is 4.23. The standard InChI is InChI=1S/C20H18BrFN2O4/c21-14-8-16-17(24-9-14)6-7-18(26-10-13-4-2-1-3-5-13)19(16)27-11-15(22)12-28-20(23)25/h1-9,15H,10-12H2,(H2,23,25)/t15-/m0/s1. The van der Waals surface area contributed by atoms with Gasteiger partial charge in [-0.1, -0.05) is 30.3 Å². The van der Waals surface area contributed by atoms with Gasteiger partial charge in [-0.05, 0) is 39.7 Å². The van der Waals surface area contributed by atoms with E-state index in [0.29, 0.717) is 29.0 Å². The molecule has 0 unspecified atom stereocenters. The topological polar surface area (TPSA) is 83.7 Å². The van der Waals surface area contributed by atoms with Gasteiger partial charge in [-0.3, -0.25) is 4.98 Å². The minimum Gasteiger partial charge on any atom is -0.486 e. The van der Waals surface area contributed by atoms with E-state index in [4.69, 9.17) is 15.2 Å². The zero-order chi connectivity index (χ0) is 19.9. The first-order valence-corrected chi connectivity index (χ1v) is 9.26. The summed E-state index contributed by atoms with van der Waals surface area (Å²) in [5.74, 6) is 0.822. The van der Waals surface area contributed by atoms with Crippen molar-refractivity contribution in [3.05, 3.63) is 64.8 Å². The van der Waals surface area contributed by atoms with E-state index < -0.39 is 18.9 Å². The van der Waals surface area contributed by atoms with Gasteiger partial charge in [0.1, 0.15) is 19.8 Å². The molecule has 6 nitrogen and oxygen atoms in total. The molecule has 0 spiro atoms. The Bertz CT molecular complexity index is 956. The number of carbonyl (C=O) groups excluding carboxylic acids is 1. The van der Waals surface area contributed by atoms with Gasteiger partial charge in [0.05, 0.1) is 5.52 Å². The maximum atomic E-state index is 14.0. The second kappa shape index (κ2) is 9.36. The van der Waals surface area contributed by atoms with Crippen LogP contribution in [0.15, 0.2) is 59.2 Å². The van der Waals surface area contributed by atoms with Gasteiger partial charge in [-0.2, -0.15) is 0 Å². The van der Waals surface area contributed by atoms with E-state index in [2.05, 4.69) is 25.7 Å². The minimum absolute atomic E-state index is 0.327. The fraction of sp³-hybridized carbons (Fsp3) is 0.200. The van der Waals surface area contributed by atoms with E-state index in [1.165, 1.54) is 0 Å². The number of nitrogens with two attached hydrogens (primary N) is 1. The number of amides is 1. The van der Waals surface area contributed by atoms with Gasteiger partial charge < -0.3 is 19.9 Å². The molecule has 1 aromatic heterocycles. The van der Waals surface area contributed by atoms with Gasteiger partial charge in [-0.15, -0.1) is 0 Å². The fourth-order valence-corrected chi connectivity index (χ4v) is 2.85. The highest BCUT2D eigenvalue weighted by Gasteiger charge is 2.16. The van der Waals surface area contributed by atoms with Gasteiger partial charge in [0, 0.05) is 16.1 Å². The smallest absolute Gasteiger partial charge is 0.404 e. The average Bonchev–Trinajstić information content (AvgIpc) is 2.70. The molecule has 2 aromatic carbocycles. The third kappa shape index (κ3) is 5.32. The normalized spacial score (nSPS) is 11.8. The zero-order valence-corrected chi connectivity index (χ0v) is 16.4. The molecule has 8 heteroatoms. The number of primary amides is 1. The molecule has 0 saturated heterocycles. The van der Waals surface area contributed by atoms with Gasteiger partial charge in [0.2, 0.25) is 0 Å². The largest absolute Gasteiger partial charge is 0.486 e. The minimum atomic E-state index is -1.54. The van der Waals surface area contributed by atoms with Gasteiger partial charge in [-0.25, -0.2) is 9.18 Å². The lowest BCUT2D eigenvalue weighted by Crippen LogP contribution is -2.24. The number of aromatic nitrogens is 1. The number of ether oxygens (including phenoxy) is 3. The number of fused-ring (bicyclic) bond motifs is 1. The van der Waals surface area contributed by atoms with Gasteiger partial charge in [0.15, 0.2) is 17.7 Å². The van der Waals surface area contributed by atoms with Crippen LogP contribution in [0, 0.1) is 0 Å². The van der Waals surface area contributed by atoms with Crippen LogP contribution in [0.5, 0.6) is 11.5 Å². The highest BCUT2D eigenvalue weighted by atomic mass is 79.9. The van der Waals surface area contributed by atoms with E-state index in [1.54, 1.807) is 18.3 Å². The third-order valence-electron chi connectivity index (χ3n) is 3.80. The van der Waals surface area contributed by atoms with Crippen LogP contribution >= 0.6 is 15.9 Å². The molecule has 1 heterocycles. The number of nitrogens with zero attached hydrogens (tertiary/aromatic N) is 1. The number of alkyl halides is 1. The summed E-state index contributed by atoms with van der Waals surface area (Å²) in [5, 5.41) is 0.669. The van der Waals surface area contributed by atoms with E-state index in [-0.39, 0.29) is 6.61 Å². The van der Waals surface area contributed by atoms with E-state index in [9.17, 15) is 9.18 Å². The van der Waals surface area contributed by atoms with Crippen LogP contribution < -0.4 is 15.2 Å². The summed E-state index contributed by atoms with van der Waals surface area (Å²) >= 11 is 3.38. The van der Waals surface area contributed by atoms with Crippen molar-refractivity contribution in [2.45, 2.75) is 12.8 Å². The first-order valence-electron chi connectivity index (χ1n) is 8.47. The van der Waals surface area contributed by atoms with E-state index >= 15 is 0 Å². The molecule has 0 saturated carbocycles. The molecule has 28 heavy (non-hydrogen) atoms. The molecule has 1 amide bonds. The Balaban J connectivity index is 1.83. The second-order valence-corrected chi connectivity index (χ2v) is 6.84. The van der Waals surface area contributed by atoms with Crippen LogP contribution in [0.3, 0.4) is 0 Å². The maximum Gasteiger partial charge on any atom is 0.404 e. The van der Waals surface area contributed by atoms with Crippen LogP contribution in [0.1, 0.15) is 5.56 Å². The maximum absolute atomic E-state index is 14.0. The SMILES string of the molecule is NC(=O)OC[C@@H](F)COc1c(OCc2ccccc2)ccc2ncc(Br)cc12.